The molecule has 2 aromatic carbocycles. The first-order valence-electron chi connectivity index (χ1n) is 8.53. The van der Waals surface area contributed by atoms with Gasteiger partial charge in [-0.3, -0.25) is 0 Å². The third-order valence-electron chi connectivity index (χ3n) is 4.38. The average Bonchev–Trinajstić information content (AvgIpc) is 2.94. The van der Waals surface area contributed by atoms with Gasteiger partial charge >= 0.3 is 0 Å². The van der Waals surface area contributed by atoms with Crippen LogP contribution in [-0.4, -0.2) is 17.9 Å². The third-order valence-corrected chi connectivity index (χ3v) is 4.93. The number of aryl methyl sites for hydroxylation is 1. The van der Waals surface area contributed by atoms with Crippen molar-refractivity contribution in [1.82, 2.24) is 9.99 Å². The van der Waals surface area contributed by atoms with Gasteiger partial charge in [-0.05, 0) is 44.2 Å². The number of methoxy groups -OCH3 is 1. The first kappa shape index (κ1) is 19.3. The maximum atomic E-state index is 6.37. The molecule has 0 bridgehead atoms. The van der Waals surface area contributed by atoms with E-state index in [2.05, 4.69) is 21.2 Å². The van der Waals surface area contributed by atoms with Crippen LogP contribution in [0.15, 0.2) is 53.6 Å². The van der Waals surface area contributed by atoms with Gasteiger partial charge in [-0.1, -0.05) is 41.4 Å². The smallest absolute Gasteiger partial charge is 0.123 e. The summed E-state index contributed by atoms with van der Waals surface area (Å²) >= 11 is 12.5. The number of hydrogen-bond donors (Lipinski definition) is 1. The fraction of sp³-hybridized carbons (Fsp3) is 0.190. The molecule has 27 heavy (non-hydrogen) atoms. The molecule has 3 rings (SSSR count). The van der Waals surface area contributed by atoms with Gasteiger partial charge in [0.25, 0.3) is 0 Å². The summed E-state index contributed by atoms with van der Waals surface area (Å²) in [5.41, 5.74) is 8.09. The zero-order valence-electron chi connectivity index (χ0n) is 15.5. The molecule has 0 atom stereocenters. The molecule has 4 nitrogen and oxygen atoms in total. The molecule has 0 aliphatic heterocycles. The van der Waals surface area contributed by atoms with Gasteiger partial charge in [-0.2, -0.15) is 5.10 Å². The largest absolute Gasteiger partial charge is 0.496 e. The number of halogens is 2. The minimum absolute atomic E-state index is 0.583. The number of benzene rings is 2. The quantitative estimate of drug-likeness (QED) is 0.435. The Morgan fingerprint density at radius 1 is 1.11 bits per heavy atom. The van der Waals surface area contributed by atoms with Crippen LogP contribution in [-0.2, 0) is 6.54 Å². The zero-order chi connectivity index (χ0) is 19.4. The molecular weight excluding hydrogens is 381 g/mol. The molecule has 0 aliphatic rings. The summed E-state index contributed by atoms with van der Waals surface area (Å²) in [6, 6.07) is 15.4. The summed E-state index contributed by atoms with van der Waals surface area (Å²) in [5, 5.41) is 5.66. The average molecular weight is 402 g/mol. The Balaban J connectivity index is 1.78. The molecule has 0 unspecified atom stereocenters. The van der Waals surface area contributed by atoms with Crippen molar-refractivity contribution >= 4 is 29.4 Å². The van der Waals surface area contributed by atoms with Crippen molar-refractivity contribution in [3.8, 4) is 11.4 Å². The van der Waals surface area contributed by atoms with Crippen LogP contribution in [0.1, 0.15) is 22.5 Å². The third kappa shape index (κ3) is 4.29. The molecule has 1 heterocycles. The molecule has 1 N–H and O–H groups in total. The van der Waals surface area contributed by atoms with Crippen LogP contribution < -0.4 is 10.2 Å². The van der Waals surface area contributed by atoms with Gasteiger partial charge in [-0.25, -0.2) is 0 Å². The minimum atomic E-state index is 0.583. The Bertz CT molecular complexity index is 980. The number of para-hydroxylation sites is 1. The zero-order valence-corrected chi connectivity index (χ0v) is 17.0. The lowest BCUT2D eigenvalue weighted by molar-refractivity contribution is 0.408. The van der Waals surface area contributed by atoms with Crippen molar-refractivity contribution in [2.24, 2.45) is 5.10 Å². The van der Waals surface area contributed by atoms with E-state index in [0.717, 1.165) is 34.0 Å². The van der Waals surface area contributed by atoms with E-state index in [-0.39, 0.29) is 0 Å². The summed E-state index contributed by atoms with van der Waals surface area (Å²) in [5.74, 6) is 0.842. The summed E-state index contributed by atoms with van der Waals surface area (Å²) in [6.45, 7) is 4.65. The van der Waals surface area contributed by atoms with Crippen molar-refractivity contribution < 1.29 is 4.74 Å². The second-order valence-electron chi connectivity index (χ2n) is 6.16. The highest BCUT2D eigenvalue weighted by atomic mass is 35.5. The Morgan fingerprint density at radius 3 is 2.67 bits per heavy atom. The monoisotopic (exact) mass is 401 g/mol. The summed E-state index contributed by atoms with van der Waals surface area (Å²) < 4.78 is 7.43. The normalized spacial score (nSPS) is 11.1. The van der Waals surface area contributed by atoms with E-state index < -0.39 is 0 Å². The van der Waals surface area contributed by atoms with Crippen molar-refractivity contribution in [2.75, 3.05) is 7.11 Å². The van der Waals surface area contributed by atoms with Crippen LogP contribution in [0.2, 0.25) is 10.0 Å². The molecule has 0 radical (unpaired) electrons. The van der Waals surface area contributed by atoms with E-state index in [9.17, 15) is 0 Å². The van der Waals surface area contributed by atoms with Crippen molar-refractivity contribution in [2.45, 2.75) is 20.4 Å². The van der Waals surface area contributed by atoms with Gasteiger partial charge in [0.05, 0.1) is 30.6 Å². The number of nitrogens with zero attached hydrogens (tertiary/aromatic N) is 2. The highest BCUT2D eigenvalue weighted by Crippen LogP contribution is 2.28. The summed E-state index contributed by atoms with van der Waals surface area (Å²) in [4.78, 5) is 0. The van der Waals surface area contributed by atoms with Crippen LogP contribution in [0.25, 0.3) is 5.69 Å². The number of rotatable bonds is 6. The van der Waals surface area contributed by atoms with Gasteiger partial charge in [-0.15, -0.1) is 0 Å². The molecule has 0 saturated heterocycles. The fourth-order valence-electron chi connectivity index (χ4n) is 3.04. The molecule has 140 valence electrons. The maximum Gasteiger partial charge on any atom is 0.123 e. The lowest BCUT2D eigenvalue weighted by Crippen LogP contribution is -2.07. The molecule has 0 spiro atoms. The van der Waals surface area contributed by atoms with Crippen molar-refractivity contribution in [1.29, 1.82) is 0 Å². The number of ether oxygens (including phenoxy) is 1. The van der Waals surface area contributed by atoms with Crippen LogP contribution in [0.5, 0.6) is 5.75 Å². The molecule has 3 aromatic rings. The molecular formula is C21H21Cl2N3O. The number of hydrazone groups is 1. The summed E-state index contributed by atoms with van der Waals surface area (Å²) in [7, 11) is 1.66. The Kier molecular flexibility index (Phi) is 6.09. The van der Waals surface area contributed by atoms with E-state index in [0.29, 0.717) is 16.6 Å². The molecule has 6 heteroatoms. The standard InChI is InChI=1S/C21H21Cl2N3O/c1-14-10-17(13-25-24-12-16-6-4-5-7-21(16)27-3)15(2)26(14)20-11-18(22)8-9-19(20)23/h4-11,13,24H,12H2,1-3H3/b25-13-. The SMILES string of the molecule is COc1ccccc1CN/N=C\c1cc(C)n(-c2cc(Cl)ccc2Cl)c1C. The number of hydrogen-bond acceptors (Lipinski definition) is 3. The van der Waals surface area contributed by atoms with E-state index in [1.807, 2.05) is 50.4 Å². The topological polar surface area (TPSA) is 38.5 Å². The number of nitrogens with one attached hydrogen (secondary N) is 1. The van der Waals surface area contributed by atoms with Gasteiger partial charge in [0.1, 0.15) is 5.75 Å². The maximum absolute atomic E-state index is 6.37. The Morgan fingerprint density at radius 2 is 1.89 bits per heavy atom. The van der Waals surface area contributed by atoms with Crippen molar-refractivity contribution in [3.05, 3.63) is 81.1 Å². The van der Waals surface area contributed by atoms with Gasteiger partial charge in [0.15, 0.2) is 0 Å². The van der Waals surface area contributed by atoms with E-state index in [1.54, 1.807) is 19.2 Å². The van der Waals surface area contributed by atoms with E-state index in [4.69, 9.17) is 27.9 Å². The highest BCUT2D eigenvalue weighted by molar-refractivity contribution is 6.34. The molecule has 0 fully saturated rings. The fourth-order valence-corrected chi connectivity index (χ4v) is 3.41. The first-order valence-corrected chi connectivity index (χ1v) is 9.29. The van der Waals surface area contributed by atoms with Gasteiger partial charge in [0, 0.05) is 27.5 Å². The second-order valence-corrected chi connectivity index (χ2v) is 7.01. The first-order chi connectivity index (χ1) is 13.0. The van der Waals surface area contributed by atoms with Crippen LogP contribution in [0, 0.1) is 13.8 Å². The van der Waals surface area contributed by atoms with Crippen LogP contribution >= 0.6 is 23.2 Å². The van der Waals surface area contributed by atoms with Gasteiger partial charge in [0.2, 0.25) is 0 Å². The second kappa shape index (κ2) is 8.51. The van der Waals surface area contributed by atoms with Crippen LogP contribution in [0.3, 0.4) is 0 Å². The lowest BCUT2D eigenvalue weighted by atomic mass is 10.2. The molecule has 0 amide bonds. The molecule has 0 saturated carbocycles. The van der Waals surface area contributed by atoms with E-state index in [1.165, 1.54) is 0 Å². The Labute approximate surface area is 169 Å². The predicted molar refractivity (Wildman–Crippen MR) is 113 cm³/mol. The van der Waals surface area contributed by atoms with Crippen molar-refractivity contribution in [3.63, 3.8) is 0 Å². The highest BCUT2D eigenvalue weighted by Gasteiger charge is 2.12. The lowest BCUT2D eigenvalue weighted by Gasteiger charge is -2.12. The van der Waals surface area contributed by atoms with Gasteiger partial charge < -0.3 is 14.7 Å². The predicted octanol–water partition coefficient (Wildman–Crippen LogP) is 5.53. The minimum Gasteiger partial charge on any atom is -0.496 e. The Hall–Kier alpha value is -2.43. The van der Waals surface area contributed by atoms with E-state index >= 15 is 0 Å². The molecule has 0 aliphatic carbocycles. The molecule has 1 aromatic heterocycles. The van der Waals surface area contributed by atoms with Crippen LogP contribution in [0.4, 0.5) is 0 Å². The number of aromatic nitrogens is 1. The summed E-state index contributed by atoms with van der Waals surface area (Å²) in [6.07, 6.45) is 1.81.